The summed E-state index contributed by atoms with van der Waals surface area (Å²) < 4.78 is 14.5. The normalized spacial score (nSPS) is 19.6. The number of nitrogens with zero attached hydrogens (tertiary/aromatic N) is 4. The molecule has 2 atom stereocenters. The van der Waals surface area contributed by atoms with Gasteiger partial charge in [0.15, 0.2) is 17.5 Å². The summed E-state index contributed by atoms with van der Waals surface area (Å²) in [7, 11) is 0. The topological polar surface area (TPSA) is 108 Å². The summed E-state index contributed by atoms with van der Waals surface area (Å²) in [6.07, 6.45) is 9.54. The maximum atomic E-state index is 14.5. The van der Waals surface area contributed by atoms with E-state index < -0.39 is 11.2 Å². The van der Waals surface area contributed by atoms with Crippen LogP contribution in [0.25, 0.3) is 22.4 Å². The van der Waals surface area contributed by atoms with Crippen LogP contribution in [0.1, 0.15) is 46.5 Å². The van der Waals surface area contributed by atoms with Crippen LogP contribution in [0.3, 0.4) is 0 Å². The number of anilines is 1. The minimum atomic E-state index is -0.504. The van der Waals surface area contributed by atoms with Crippen molar-refractivity contribution in [3.05, 3.63) is 30.7 Å². The molecule has 4 rings (SSSR count). The van der Waals surface area contributed by atoms with E-state index in [0.717, 1.165) is 31.1 Å². The third-order valence-electron chi connectivity index (χ3n) is 5.37. The lowest BCUT2D eigenvalue weighted by Crippen LogP contribution is -2.45. The van der Waals surface area contributed by atoms with E-state index in [0.29, 0.717) is 17.0 Å². The van der Waals surface area contributed by atoms with Crippen LogP contribution in [0.4, 0.5) is 10.2 Å². The molecule has 8 nitrogen and oxygen atoms in total. The van der Waals surface area contributed by atoms with Gasteiger partial charge in [0.1, 0.15) is 12.0 Å². The monoisotopic (exact) mass is 411 g/mol. The number of H-pyrrole nitrogens is 1. The van der Waals surface area contributed by atoms with E-state index in [1.807, 2.05) is 20.8 Å². The first-order valence-electron chi connectivity index (χ1n) is 10.2. The van der Waals surface area contributed by atoms with Crippen LogP contribution in [-0.4, -0.2) is 42.9 Å². The summed E-state index contributed by atoms with van der Waals surface area (Å²) >= 11 is 0. The molecule has 0 aliphatic heterocycles. The fraction of sp³-hybridized carbons (Fsp3) is 0.476. The molecule has 0 radical (unpaired) electrons. The zero-order valence-corrected chi connectivity index (χ0v) is 17.4. The Bertz CT molecular complexity index is 1060. The van der Waals surface area contributed by atoms with Crippen molar-refractivity contribution >= 4 is 22.8 Å². The lowest BCUT2D eigenvalue weighted by atomic mass is 9.89. The Morgan fingerprint density at radius 1 is 1.20 bits per heavy atom. The molecule has 3 aromatic rings. The van der Waals surface area contributed by atoms with Gasteiger partial charge in [-0.25, -0.2) is 24.3 Å². The first kappa shape index (κ1) is 20.2. The Morgan fingerprint density at radius 2 is 2.00 bits per heavy atom. The minimum Gasteiger partial charge on any atom is -0.365 e. The molecule has 3 heterocycles. The highest BCUT2D eigenvalue weighted by molar-refractivity contribution is 5.90. The number of aromatic amines is 1. The Kier molecular flexibility index (Phi) is 5.36. The quantitative estimate of drug-likeness (QED) is 0.607. The van der Waals surface area contributed by atoms with Gasteiger partial charge in [0.05, 0.1) is 6.20 Å². The molecule has 1 aliphatic carbocycles. The molecule has 9 heteroatoms. The lowest BCUT2D eigenvalue weighted by Gasteiger charge is -2.32. The molecule has 0 aromatic carbocycles. The van der Waals surface area contributed by atoms with E-state index in [-0.39, 0.29) is 23.8 Å². The Labute approximate surface area is 174 Å². The van der Waals surface area contributed by atoms with Crippen LogP contribution < -0.4 is 10.6 Å². The average Bonchev–Trinajstić information content (AvgIpc) is 3.13. The van der Waals surface area contributed by atoms with Crippen LogP contribution in [0.2, 0.25) is 0 Å². The largest absolute Gasteiger partial charge is 0.365 e. The van der Waals surface area contributed by atoms with Gasteiger partial charge in [0.2, 0.25) is 5.91 Å². The summed E-state index contributed by atoms with van der Waals surface area (Å²) in [5.74, 6) is 0.0910. The number of fused-ring (bicyclic) bond motifs is 1. The SMILES string of the molecule is CC(C)(C)C(=O)NC1CCC[C@@H](Nc2nc(-c3c[nH]c4ncncc34)ncc2F)C1. The van der Waals surface area contributed by atoms with Crippen molar-refractivity contribution in [3.8, 4) is 11.4 Å². The third kappa shape index (κ3) is 4.24. The molecule has 158 valence electrons. The van der Waals surface area contributed by atoms with E-state index in [2.05, 4.69) is 35.6 Å². The molecule has 1 saturated carbocycles. The van der Waals surface area contributed by atoms with E-state index in [1.54, 1.807) is 12.4 Å². The third-order valence-corrected chi connectivity index (χ3v) is 5.37. The van der Waals surface area contributed by atoms with Crippen molar-refractivity contribution in [2.75, 3.05) is 5.32 Å². The zero-order chi connectivity index (χ0) is 21.3. The van der Waals surface area contributed by atoms with Crippen LogP contribution in [0.5, 0.6) is 0 Å². The van der Waals surface area contributed by atoms with Gasteiger partial charge in [-0.1, -0.05) is 20.8 Å². The van der Waals surface area contributed by atoms with Gasteiger partial charge in [-0.2, -0.15) is 0 Å². The number of hydrogen-bond donors (Lipinski definition) is 3. The molecule has 1 amide bonds. The maximum absolute atomic E-state index is 14.5. The summed E-state index contributed by atoms with van der Waals surface area (Å²) in [4.78, 5) is 32.1. The highest BCUT2D eigenvalue weighted by atomic mass is 19.1. The molecular weight excluding hydrogens is 385 g/mol. The van der Waals surface area contributed by atoms with E-state index in [1.165, 1.54) is 12.5 Å². The van der Waals surface area contributed by atoms with Crippen molar-refractivity contribution in [1.82, 2.24) is 30.2 Å². The fourth-order valence-corrected chi connectivity index (χ4v) is 3.69. The Balaban J connectivity index is 1.51. The van der Waals surface area contributed by atoms with Crippen LogP contribution in [0.15, 0.2) is 24.9 Å². The number of halogens is 1. The number of aromatic nitrogens is 5. The van der Waals surface area contributed by atoms with Crippen molar-refractivity contribution in [2.24, 2.45) is 5.41 Å². The smallest absolute Gasteiger partial charge is 0.225 e. The van der Waals surface area contributed by atoms with Crippen molar-refractivity contribution in [1.29, 1.82) is 0 Å². The van der Waals surface area contributed by atoms with Gasteiger partial charge in [0.25, 0.3) is 0 Å². The van der Waals surface area contributed by atoms with Crippen LogP contribution in [0, 0.1) is 11.2 Å². The summed E-state index contributed by atoms with van der Waals surface area (Å²) in [5, 5.41) is 7.12. The van der Waals surface area contributed by atoms with Crippen LogP contribution >= 0.6 is 0 Å². The van der Waals surface area contributed by atoms with Gasteiger partial charge in [-0.15, -0.1) is 0 Å². The molecule has 0 saturated heterocycles. The molecule has 3 aromatic heterocycles. The zero-order valence-electron chi connectivity index (χ0n) is 17.4. The predicted octanol–water partition coefficient (Wildman–Crippen LogP) is 3.44. The first-order chi connectivity index (χ1) is 14.3. The van der Waals surface area contributed by atoms with Crippen LogP contribution in [-0.2, 0) is 4.79 Å². The molecule has 3 N–H and O–H groups in total. The van der Waals surface area contributed by atoms with Gasteiger partial charge in [-0.3, -0.25) is 4.79 Å². The van der Waals surface area contributed by atoms with Gasteiger partial charge >= 0.3 is 0 Å². The second-order valence-electron chi connectivity index (χ2n) is 8.81. The number of hydrogen-bond acceptors (Lipinski definition) is 6. The molecule has 1 fully saturated rings. The molecule has 0 spiro atoms. The minimum absolute atomic E-state index is 0.0209. The molecule has 30 heavy (non-hydrogen) atoms. The number of amides is 1. The number of nitrogens with one attached hydrogen (secondary N) is 3. The predicted molar refractivity (Wildman–Crippen MR) is 112 cm³/mol. The Morgan fingerprint density at radius 3 is 2.80 bits per heavy atom. The number of rotatable bonds is 4. The second-order valence-corrected chi connectivity index (χ2v) is 8.81. The standard InChI is InChI=1S/C21H26FN7O/c1-21(2,3)20(30)28-13-6-4-5-12(7-13)27-19-16(22)10-25-18(29-19)15-9-24-17-14(15)8-23-11-26-17/h8-13H,4-7H2,1-3H3,(H,28,30)(H,23,24,26)(H,25,27,29)/t12-,13?/m1/s1. The summed E-state index contributed by atoms with van der Waals surface area (Å²) in [6, 6.07) is 0.0886. The van der Waals surface area contributed by atoms with Crippen molar-refractivity contribution in [3.63, 3.8) is 0 Å². The maximum Gasteiger partial charge on any atom is 0.225 e. The first-order valence-corrected chi connectivity index (χ1v) is 10.2. The molecule has 1 aliphatic rings. The number of carbonyl (C=O) groups is 1. The van der Waals surface area contributed by atoms with Gasteiger partial charge in [-0.05, 0) is 25.7 Å². The van der Waals surface area contributed by atoms with Crippen molar-refractivity contribution < 1.29 is 9.18 Å². The van der Waals surface area contributed by atoms with Gasteiger partial charge < -0.3 is 15.6 Å². The molecule has 1 unspecified atom stereocenters. The average molecular weight is 411 g/mol. The van der Waals surface area contributed by atoms with E-state index >= 15 is 0 Å². The van der Waals surface area contributed by atoms with E-state index in [9.17, 15) is 9.18 Å². The Hall–Kier alpha value is -3.10. The van der Waals surface area contributed by atoms with Gasteiger partial charge in [0, 0.05) is 40.8 Å². The van der Waals surface area contributed by atoms with Crippen molar-refractivity contribution in [2.45, 2.75) is 58.5 Å². The summed E-state index contributed by atoms with van der Waals surface area (Å²) in [5.41, 5.74) is 0.955. The highest BCUT2D eigenvalue weighted by Gasteiger charge is 2.28. The highest BCUT2D eigenvalue weighted by Crippen LogP contribution is 2.28. The van der Waals surface area contributed by atoms with E-state index in [4.69, 9.17) is 0 Å². The molecule has 0 bridgehead atoms. The second kappa shape index (κ2) is 7.97. The summed E-state index contributed by atoms with van der Waals surface area (Å²) in [6.45, 7) is 5.69. The lowest BCUT2D eigenvalue weighted by molar-refractivity contribution is -0.129. The molecular formula is C21H26FN7O. The number of carbonyl (C=O) groups excluding carboxylic acids is 1. The fourth-order valence-electron chi connectivity index (χ4n) is 3.69.